The fraction of sp³-hybridized carbons (Fsp3) is 1.00. The van der Waals surface area contributed by atoms with E-state index in [2.05, 4.69) is 35.6 Å². The molecule has 2 fully saturated rings. The molecular formula is C13H27N3. The first kappa shape index (κ1) is 12.3. The van der Waals surface area contributed by atoms with E-state index in [4.69, 9.17) is 0 Å². The lowest BCUT2D eigenvalue weighted by Crippen LogP contribution is -2.50. The van der Waals surface area contributed by atoms with Gasteiger partial charge in [0.15, 0.2) is 0 Å². The zero-order chi connectivity index (χ0) is 11.5. The molecule has 2 heterocycles. The summed E-state index contributed by atoms with van der Waals surface area (Å²) < 4.78 is 0. The third-order valence-corrected chi connectivity index (χ3v) is 4.14. The van der Waals surface area contributed by atoms with Crippen molar-refractivity contribution in [3.8, 4) is 0 Å². The summed E-state index contributed by atoms with van der Waals surface area (Å²) in [5.74, 6) is 0.926. The number of hydrogen-bond donors (Lipinski definition) is 0. The summed E-state index contributed by atoms with van der Waals surface area (Å²) in [6.07, 6.45) is 1.40. The molecule has 0 aromatic rings. The highest BCUT2D eigenvalue weighted by atomic mass is 15.3. The van der Waals surface area contributed by atoms with Crippen LogP contribution in [0, 0.1) is 5.92 Å². The molecule has 2 aliphatic rings. The van der Waals surface area contributed by atoms with E-state index >= 15 is 0 Å². The maximum absolute atomic E-state index is 2.67. The van der Waals surface area contributed by atoms with Crippen LogP contribution >= 0.6 is 0 Å². The average molecular weight is 225 g/mol. The molecule has 3 nitrogen and oxygen atoms in total. The molecule has 94 valence electrons. The Morgan fingerprint density at radius 3 is 2.25 bits per heavy atom. The molecule has 1 atom stereocenters. The second-order valence-electron chi connectivity index (χ2n) is 5.85. The highest BCUT2D eigenvalue weighted by Crippen LogP contribution is 2.17. The topological polar surface area (TPSA) is 9.72 Å². The van der Waals surface area contributed by atoms with Gasteiger partial charge in [-0.1, -0.05) is 0 Å². The Balaban J connectivity index is 1.69. The summed E-state index contributed by atoms with van der Waals surface area (Å²) in [6, 6.07) is 0.722. The van der Waals surface area contributed by atoms with Crippen molar-refractivity contribution < 1.29 is 0 Å². The van der Waals surface area contributed by atoms with Gasteiger partial charge in [-0.25, -0.2) is 0 Å². The van der Waals surface area contributed by atoms with Crippen molar-refractivity contribution in [2.24, 2.45) is 5.92 Å². The van der Waals surface area contributed by atoms with Gasteiger partial charge in [0.2, 0.25) is 0 Å². The molecule has 0 amide bonds. The Morgan fingerprint density at radius 1 is 1.06 bits per heavy atom. The Morgan fingerprint density at radius 2 is 1.75 bits per heavy atom. The van der Waals surface area contributed by atoms with Crippen molar-refractivity contribution in [3.63, 3.8) is 0 Å². The molecule has 16 heavy (non-hydrogen) atoms. The van der Waals surface area contributed by atoms with Crippen LogP contribution < -0.4 is 0 Å². The van der Waals surface area contributed by atoms with Crippen LogP contribution in [0.2, 0.25) is 0 Å². The van der Waals surface area contributed by atoms with E-state index in [1.54, 1.807) is 0 Å². The largest absolute Gasteiger partial charge is 0.306 e. The maximum Gasteiger partial charge on any atom is 0.0113 e. The summed E-state index contributed by atoms with van der Waals surface area (Å²) in [6.45, 7) is 13.6. The molecule has 0 aromatic heterocycles. The second kappa shape index (κ2) is 5.48. The first-order valence-corrected chi connectivity index (χ1v) is 6.80. The van der Waals surface area contributed by atoms with E-state index in [9.17, 15) is 0 Å². The quantitative estimate of drug-likeness (QED) is 0.708. The summed E-state index contributed by atoms with van der Waals surface area (Å²) in [5.41, 5.74) is 0. The Hall–Kier alpha value is -0.120. The number of rotatable bonds is 3. The van der Waals surface area contributed by atoms with Crippen molar-refractivity contribution in [3.05, 3.63) is 0 Å². The van der Waals surface area contributed by atoms with Crippen LogP contribution in [0.3, 0.4) is 0 Å². The Bertz CT molecular complexity index is 209. The fourth-order valence-electron chi connectivity index (χ4n) is 3.00. The lowest BCUT2D eigenvalue weighted by Gasteiger charge is -2.37. The van der Waals surface area contributed by atoms with Crippen LogP contribution in [0.15, 0.2) is 0 Å². The average Bonchev–Trinajstić information content (AvgIpc) is 2.65. The summed E-state index contributed by atoms with van der Waals surface area (Å²) in [4.78, 5) is 7.73. The van der Waals surface area contributed by atoms with Crippen LogP contribution in [0.1, 0.15) is 20.3 Å². The Labute approximate surface area is 100 Å². The summed E-state index contributed by atoms with van der Waals surface area (Å²) in [5, 5.41) is 0. The molecule has 0 aromatic carbocycles. The van der Waals surface area contributed by atoms with Crippen molar-refractivity contribution in [2.75, 3.05) is 52.9 Å². The van der Waals surface area contributed by atoms with Crippen LogP contribution in [0.25, 0.3) is 0 Å². The molecule has 0 N–H and O–H groups in total. The molecule has 0 saturated carbocycles. The van der Waals surface area contributed by atoms with Gasteiger partial charge in [0.25, 0.3) is 0 Å². The van der Waals surface area contributed by atoms with Crippen LogP contribution in [-0.4, -0.2) is 73.6 Å². The zero-order valence-electron chi connectivity index (χ0n) is 11.2. The van der Waals surface area contributed by atoms with E-state index in [-0.39, 0.29) is 0 Å². The van der Waals surface area contributed by atoms with Gasteiger partial charge >= 0.3 is 0 Å². The summed E-state index contributed by atoms with van der Waals surface area (Å²) >= 11 is 0. The lowest BCUT2D eigenvalue weighted by atomic mass is 10.1. The number of likely N-dealkylation sites (tertiary alicyclic amines) is 1. The van der Waals surface area contributed by atoms with Crippen LogP contribution in [-0.2, 0) is 0 Å². The first-order valence-electron chi connectivity index (χ1n) is 6.80. The molecular weight excluding hydrogens is 198 g/mol. The van der Waals surface area contributed by atoms with Gasteiger partial charge in [-0.3, -0.25) is 4.90 Å². The van der Waals surface area contributed by atoms with Gasteiger partial charge in [0.1, 0.15) is 0 Å². The van der Waals surface area contributed by atoms with E-state index in [1.165, 1.54) is 52.2 Å². The van der Waals surface area contributed by atoms with E-state index in [1.807, 2.05) is 0 Å². The molecule has 0 unspecified atom stereocenters. The van der Waals surface area contributed by atoms with Crippen molar-refractivity contribution in [1.29, 1.82) is 0 Å². The smallest absolute Gasteiger partial charge is 0.0113 e. The van der Waals surface area contributed by atoms with Crippen molar-refractivity contribution >= 4 is 0 Å². The molecule has 0 radical (unpaired) electrons. The van der Waals surface area contributed by atoms with Crippen LogP contribution in [0.5, 0.6) is 0 Å². The predicted molar refractivity (Wildman–Crippen MR) is 68.8 cm³/mol. The minimum atomic E-state index is 0.722. The number of hydrogen-bond acceptors (Lipinski definition) is 3. The Kier molecular flexibility index (Phi) is 4.22. The second-order valence-corrected chi connectivity index (χ2v) is 5.85. The zero-order valence-corrected chi connectivity index (χ0v) is 11.2. The van der Waals surface area contributed by atoms with Gasteiger partial charge in [0, 0.05) is 45.3 Å². The van der Waals surface area contributed by atoms with Crippen LogP contribution in [0.4, 0.5) is 0 Å². The minimum absolute atomic E-state index is 0.722. The highest BCUT2D eigenvalue weighted by molar-refractivity contribution is 4.80. The highest BCUT2D eigenvalue weighted by Gasteiger charge is 2.24. The molecule has 2 saturated heterocycles. The van der Waals surface area contributed by atoms with Crippen molar-refractivity contribution in [2.45, 2.75) is 26.3 Å². The van der Waals surface area contributed by atoms with E-state index < -0.39 is 0 Å². The third kappa shape index (κ3) is 3.19. The van der Waals surface area contributed by atoms with Gasteiger partial charge in [-0.05, 0) is 39.8 Å². The van der Waals surface area contributed by atoms with Gasteiger partial charge < -0.3 is 9.80 Å². The number of piperazine rings is 1. The molecule has 3 heteroatoms. The van der Waals surface area contributed by atoms with Gasteiger partial charge in [-0.2, -0.15) is 0 Å². The minimum Gasteiger partial charge on any atom is -0.306 e. The third-order valence-electron chi connectivity index (χ3n) is 4.14. The fourth-order valence-corrected chi connectivity index (χ4v) is 3.00. The van der Waals surface area contributed by atoms with E-state index in [0.717, 1.165) is 12.0 Å². The molecule has 0 spiro atoms. The van der Waals surface area contributed by atoms with Crippen molar-refractivity contribution in [1.82, 2.24) is 14.7 Å². The lowest BCUT2D eigenvalue weighted by molar-refractivity contribution is 0.0977. The predicted octanol–water partition coefficient (Wildman–Crippen LogP) is 0.964. The van der Waals surface area contributed by atoms with Gasteiger partial charge in [-0.15, -0.1) is 0 Å². The molecule has 0 aliphatic carbocycles. The molecule has 2 aliphatic heterocycles. The SMILES string of the molecule is CC(C)N1CCN(C[C@@H]2CCN(C)C2)CC1. The monoisotopic (exact) mass is 225 g/mol. The molecule has 2 rings (SSSR count). The standard InChI is InChI=1S/C13H27N3/c1-12(2)16-8-6-15(7-9-16)11-13-4-5-14(3)10-13/h12-13H,4-11H2,1-3H3/t13-/m1/s1. The van der Waals surface area contributed by atoms with Gasteiger partial charge in [0.05, 0.1) is 0 Å². The number of nitrogens with zero attached hydrogens (tertiary/aromatic N) is 3. The maximum atomic E-state index is 2.67. The molecule has 0 bridgehead atoms. The summed E-state index contributed by atoms with van der Waals surface area (Å²) in [7, 11) is 2.25. The first-order chi connectivity index (χ1) is 7.65. The van der Waals surface area contributed by atoms with E-state index in [0.29, 0.717) is 0 Å². The normalized spacial score (nSPS) is 30.4.